The first-order valence-electron chi connectivity index (χ1n) is 12.6. The number of halogens is 3. The van der Waals surface area contributed by atoms with Gasteiger partial charge < -0.3 is 19.0 Å². The third kappa shape index (κ3) is 6.49. The van der Waals surface area contributed by atoms with Gasteiger partial charge >= 0.3 is 21.7 Å². The number of ether oxygens (including phenoxy) is 2. The van der Waals surface area contributed by atoms with Crippen LogP contribution >= 0.6 is 0 Å². The van der Waals surface area contributed by atoms with Crippen molar-refractivity contribution in [3.63, 3.8) is 0 Å². The van der Waals surface area contributed by atoms with Crippen LogP contribution < -0.4 is 9.50 Å². The van der Waals surface area contributed by atoms with Gasteiger partial charge in [-0.05, 0) is 77.6 Å². The lowest BCUT2D eigenvalue weighted by Gasteiger charge is -2.29. The number of nitrogens with zero attached hydrogens (tertiary/aromatic N) is 3. The lowest BCUT2D eigenvalue weighted by Crippen LogP contribution is -2.43. The van der Waals surface area contributed by atoms with Crippen molar-refractivity contribution in [1.82, 2.24) is 20.1 Å². The van der Waals surface area contributed by atoms with Gasteiger partial charge in [-0.25, -0.2) is 9.48 Å². The summed E-state index contributed by atoms with van der Waals surface area (Å²) in [7, 11) is -6.01. The highest BCUT2D eigenvalue weighted by Gasteiger charge is 2.49. The molecule has 1 fully saturated rings. The normalized spacial score (nSPS) is 17.1. The summed E-state index contributed by atoms with van der Waals surface area (Å²) in [4.78, 5) is 16.7. The molecule has 2 aromatic heterocycles. The Morgan fingerprint density at radius 3 is 2.40 bits per heavy atom. The van der Waals surface area contributed by atoms with E-state index in [0.717, 1.165) is 12.8 Å². The summed E-state index contributed by atoms with van der Waals surface area (Å²) in [6.45, 7) is 9.16. The van der Waals surface area contributed by atoms with Gasteiger partial charge in [-0.2, -0.15) is 26.7 Å². The molecule has 218 valence electrons. The van der Waals surface area contributed by atoms with Crippen LogP contribution in [0.15, 0.2) is 36.7 Å². The monoisotopic (exact) mass is 584 g/mol. The van der Waals surface area contributed by atoms with Crippen molar-refractivity contribution in [3.8, 4) is 17.0 Å². The molecular formula is C26H31F3N4O6S. The Hall–Kier alpha value is -3.39. The average molecular weight is 585 g/mol. The first-order valence-corrected chi connectivity index (χ1v) is 14.0. The number of carbonyl (C=O) groups is 1. The van der Waals surface area contributed by atoms with Crippen molar-refractivity contribution in [3.05, 3.63) is 42.2 Å². The predicted octanol–water partition coefficient (Wildman–Crippen LogP) is 5.79. The molecule has 1 N–H and O–H groups in total. The second-order valence-corrected chi connectivity index (χ2v) is 12.5. The second kappa shape index (κ2) is 10.5. The molecule has 0 radical (unpaired) electrons. The van der Waals surface area contributed by atoms with Crippen LogP contribution in [0.25, 0.3) is 22.2 Å². The molecule has 1 aliphatic rings. The van der Waals surface area contributed by atoms with Gasteiger partial charge in [0.1, 0.15) is 11.8 Å². The minimum Gasteiger partial charge on any atom is -0.444 e. The smallest absolute Gasteiger partial charge is 0.444 e. The largest absolute Gasteiger partial charge is 0.534 e. The maximum absolute atomic E-state index is 13.3. The summed E-state index contributed by atoms with van der Waals surface area (Å²) in [5.74, 6) is -0.553. The number of carbonyl (C=O) groups excluding carboxylic acids is 1. The maximum atomic E-state index is 13.3. The van der Waals surface area contributed by atoms with Gasteiger partial charge in [0.15, 0.2) is 5.75 Å². The quantitative estimate of drug-likeness (QED) is 0.286. The van der Waals surface area contributed by atoms with Crippen LogP contribution in [0, 0.1) is 0 Å². The zero-order chi connectivity index (χ0) is 29.5. The molecular weight excluding hydrogens is 553 g/mol. The Balaban J connectivity index is 1.74. The molecule has 3 heterocycles. The van der Waals surface area contributed by atoms with Gasteiger partial charge in [0, 0.05) is 24.6 Å². The Morgan fingerprint density at radius 2 is 1.82 bits per heavy atom. The first-order chi connectivity index (χ1) is 18.5. The number of hydrogen-bond donors (Lipinski definition) is 1. The molecule has 40 heavy (non-hydrogen) atoms. The molecule has 1 aromatic carbocycles. The van der Waals surface area contributed by atoms with Crippen LogP contribution in [0.4, 0.5) is 18.0 Å². The van der Waals surface area contributed by atoms with Gasteiger partial charge in [0.2, 0.25) is 0 Å². The topological polar surface area (TPSA) is 122 Å². The highest BCUT2D eigenvalue weighted by Crippen LogP contribution is 2.40. The second-order valence-electron chi connectivity index (χ2n) is 11.0. The van der Waals surface area contributed by atoms with Gasteiger partial charge in [-0.1, -0.05) is 6.07 Å². The van der Waals surface area contributed by atoms with E-state index in [4.69, 9.17) is 13.7 Å². The summed E-state index contributed by atoms with van der Waals surface area (Å²) in [5, 5.41) is 7.19. The fourth-order valence-corrected chi connectivity index (χ4v) is 4.66. The minimum atomic E-state index is -6.01. The minimum absolute atomic E-state index is 0.00824. The van der Waals surface area contributed by atoms with E-state index in [2.05, 4.69) is 15.4 Å². The number of alkyl carbamates (subject to hydrolysis) is 1. The highest BCUT2D eigenvalue weighted by atomic mass is 32.2. The average Bonchev–Trinajstić information content (AvgIpc) is 3.27. The Bertz CT molecular complexity index is 1490. The number of alkyl halides is 3. The number of benzene rings is 1. The number of amides is 1. The summed E-state index contributed by atoms with van der Waals surface area (Å²) in [6.07, 6.45) is 4.18. The van der Waals surface area contributed by atoms with E-state index >= 15 is 0 Å². The summed E-state index contributed by atoms with van der Waals surface area (Å²) < 4.78 is 81.3. The van der Waals surface area contributed by atoms with Crippen molar-refractivity contribution < 1.29 is 40.0 Å². The van der Waals surface area contributed by atoms with Gasteiger partial charge in [-0.3, -0.25) is 4.98 Å². The molecule has 1 amide bonds. The van der Waals surface area contributed by atoms with E-state index in [-0.39, 0.29) is 22.2 Å². The lowest BCUT2D eigenvalue weighted by atomic mass is 9.95. The Morgan fingerprint density at radius 1 is 1.10 bits per heavy atom. The van der Waals surface area contributed by atoms with E-state index in [1.54, 1.807) is 46.8 Å². The molecule has 0 aliphatic carbocycles. The number of hydrogen-bond acceptors (Lipinski definition) is 8. The van der Waals surface area contributed by atoms with Crippen LogP contribution in [0.2, 0.25) is 0 Å². The lowest BCUT2D eigenvalue weighted by molar-refractivity contribution is -0.0499. The van der Waals surface area contributed by atoms with E-state index in [9.17, 15) is 26.4 Å². The molecule has 0 saturated carbocycles. The van der Waals surface area contributed by atoms with Crippen molar-refractivity contribution in [2.75, 3.05) is 6.61 Å². The zero-order valence-corrected chi connectivity index (χ0v) is 23.5. The molecule has 1 unspecified atom stereocenters. The fraction of sp³-hybridized carbons (Fsp3) is 0.500. The number of nitrogens with one attached hydrogen (secondary N) is 1. The zero-order valence-electron chi connectivity index (χ0n) is 22.7. The summed E-state index contributed by atoms with van der Waals surface area (Å²) >= 11 is 0. The molecule has 14 heteroatoms. The maximum Gasteiger partial charge on any atom is 0.534 e. The predicted molar refractivity (Wildman–Crippen MR) is 140 cm³/mol. The van der Waals surface area contributed by atoms with E-state index < -0.39 is 44.8 Å². The van der Waals surface area contributed by atoms with E-state index in [1.165, 1.54) is 29.2 Å². The molecule has 1 atom stereocenters. The Labute approximate surface area is 229 Å². The molecule has 0 spiro atoms. The van der Waals surface area contributed by atoms with Crippen molar-refractivity contribution in [2.45, 2.75) is 76.8 Å². The number of rotatable bonds is 6. The molecule has 3 aromatic rings. The molecule has 1 aliphatic heterocycles. The Kier molecular flexibility index (Phi) is 7.80. The van der Waals surface area contributed by atoms with Crippen LogP contribution in [0.1, 0.15) is 65.7 Å². The van der Waals surface area contributed by atoms with Crippen LogP contribution in [0.5, 0.6) is 5.75 Å². The van der Waals surface area contributed by atoms with Gasteiger partial charge in [-0.15, -0.1) is 0 Å². The van der Waals surface area contributed by atoms with Crippen molar-refractivity contribution >= 4 is 27.1 Å². The molecule has 4 rings (SSSR count). The van der Waals surface area contributed by atoms with Gasteiger partial charge in [0.25, 0.3) is 0 Å². The SMILES string of the molecule is CC(C)(C)OC(=O)NC(C)(C)c1ccc(-c2ccc3nn(C4CCCCO4)cc3c2OS(=O)(=O)C(F)(F)F)nc1. The van der Waals surface area contributed by atoms with Crippen LogP contribution in [-0.4, -0.2) is 47.0 Å². The molecule has 1 saturated heterocycles. The first kappa shape index (κ1) is 29.6. The van der Waals surface area contributed by atoms with E-state index in [1.807, 2.05) is 0 Å². The van der Waals surface area contributed by atoms with Crippen LogP contribution in [-0.2, 0) is 25.1 Å². The standard InChI is InChI=1S/C26H31F3N4O6S/c1-24(2,3)38-23(34)31-25(4,5)16-9-11-19(30-14-16)17-10-12-20-18(22(17)39-40(35,36)26(27,28)29)15-33(32-20)21-8-6-7-13-37-21/h9-12,14-15,21H,6-8,13H2,1-5H3,(H,31,34). The third-order valence-electron chi connectivity index (χ3n) is 6.16. The highest BCUT2D eigenvalue weighted by molar-refractivity contribution is 7.88. The summed E-state index contributed by atoms with van der Waals surface area (Å²) in [5.41, 5.74) is -6.32. The van der Waals surface area contributed by atoms with Gasteiger partial charge in [0.05, 0.1) is 22.1 Å². The number of aromatic nitrogens is 3. The third-order valence-corrected chi connectivity index (χ3v) is 7.11. The van der Waals surface area contributed by atoms with Crippen molar-refractivity contribution in [2.24, 2.45) is 0 Å². The van der Waals surface area contributed by atoms with Crippen LogP contribution in [0.3, 0.4) is 0 Å². The fourth-order valence-electron chi connectivity index (χ4n) is 4.17. The number of fused-ring (bicyclic) bond motifs is 1. The molecule has 10 nitrogen and oxygen atoms in total. The van der Waals surface area contributed by atoms with E-state index in [0.29, 0.717) is 18.6 Å². The van der Waals surface area contributed by atoms with Crippen molar-refractivity contribution in [1.29, 1.82) is 0 Å². The number of pyridine rings is 1. The molecule has 0 bridgehead atoms. The summed E-state index contributed by atoms with van der Waals surface area (Å²) in [6, 6.07) is 6.05.